The number of amides is 3. The van der Waals surface area contributed by atoms with Crippen LogP contribution in [0.15, 0.2) is 30.3 Å². The Hall–Kier alpha value is -2.83. The summed E-state index contributed by atoms with van der Waals surface area (Å²) in [6.45, 7) is 7.21. The minimum absolute atomic E-state index is 0.00298. The number of guanidine groups is 1. The third-order valence-corrected chi connectivity index (χ3v) is 13.9. The van der Waals surface area contributed by atoms with Gasteiger partial charge in [0.1, 0.15) is 17.9 Å². The molecular formula is C32H49N6O5S+. The van der Waals surface area contributed by atoms with Gasteiger partial charge < -0.3 is 16.4 Å². The summed E-state index contributed by atoms with van der Waals surface area (Å²) in [5, 5.41) is 7.82. The van der Waals surface area contributed by atoms with Crippen molar-refractivity contribution in [2.75, 3.05) is 31.9 Å². The minimum atomic E-state index is -4.20. The molecule has 5 N–H and O–H groups in total. The Morgan fingerprint density at radius 1 is 1.11 bits per heavy atom. The largest absolute Gasteiger partial charge is 0.421 e. The van der Waals surface area contributed by atoms with Crippen molar-refractivity contribution >= 4 is 33.7 Å². The first kappa shape index (κ1) is 32.6. The second-order valence-electron chi connectivity index (χ2n) is 14.3. The average molecular weight is 630 g/mol. The molecular weight excluding hydrogens is 580 g/mol. The highest BCUT2D eigenvalue weighted by Gasteiger charge is 2.66. The molecule has 2 bridgehead atoms. The van der Waals surface area contributed by atoms with Gasteiger partial charge in [-0.2, -0.15) is 8.79 Å². The van der Waals surface area contributed by atoms with E-state index in [1.165, 1.54) is 4.31 Å². The average Bonchev–Trinajstić information content (AvgIpc) is 3.54. The van der Waals surface area contributed by atoms with Crippen LogP contribution in [0.5, 0.6) is 0 Å². The minimum Gasteiger partial charge on any atom is -0.370 e. The number of benzene rings is 1. The van der Waals surface area contributed by atoms with Crippen molar-refractivity contribution in [3.05, 3.63) is 35.9 Å². The number of piperidine rings is 1. The first-order valence-corrected chi connectivity index (χ1v) is 17.6. The van der Waals surface area contributed by atoms with E-state index in [9.17, 15) is 22.8 Å². The molecule has 2 saturated heterocycles. The van der Waals surface area contributed by atoms with E-state index in [-0.39, 0.29) is 54.9 Å². The fourth-order valence-corrected chi connectivity index (χ4v) is 11.3. The standard InChI is InChI=1S/C32H48N6O5S/c1-22-8-7-17-38(22,30(35)41)28(40)26(18-23-9-5-4-6-10-23)37(20-24-12-15-36(16-13-24)29(33)34)44(42,43)21-32-14-11-25(19-27(32)39)31(32,2)3/h4-6,9-10,22,24-26H,7-8,11-21H2,1-3H3,(H4-,33,34,35,41)/p+1/t22-,25?,26-,32?,38?/m1/s1. The predicted molar refractivity (Wildman–Crippen MR) is 168 cm³/mol. The van der Waals surface area contributed by atoms with Crippen molar-refractivity contribution in [1.82, 2.24) is 9.21 Å². The number of sulfonamides is 1. The van der Waals surface area contributed by atoms with Gasteiger partial charge in [-0.15, -0.1) is 0 Å². The van der Waals surface area contributed by atoms with Crippen molar-refractivity contribution in [3.8, 4) is 0 Å². The molecule has 5 atom stereocenters. The molecule has 44 heavy (non-hydrogen) atoms. The molecule has 2 aliphatic heterocycles. The molecule has 5 rings (SSSR count). The number of likely N-dealkylation sites (tertiary alicyclic amines) is 2. The molecule has 3 unspecified atom stereocenters. The number of fused-ring (bicyclic) bond motifs is 2. The number of carbonyl (C=O) groups excluding carboxylic acids is 3. The number of hydrogen-bond donors (Lipinski definition) is 3. The van der Waals surface area contributed by atoms with Crippen LogP contribution in [0, 0.1) is 28.1 Å². The zero-order valence-electron chi connectivity index (χ0n) is 26.3. The maximum Gasteiger partial charge on any atom is 0.421 e. The summed E-state index contributed by atoms with van der Waals surface area (Å²) >= 11 is 0. The first-order valence-electron chi connectivity index (χ1n) is 16.0. The van der Waals surface area contributed by atoms with Crippen molar-refractivity contribution in [2.24, 2.45) is 34.1 Å². The number of rotatable bonds is 9. The van der Waals surface area contributed by atoms with Crippen LogP contribution in [0.3, 0.4) is 0 Å². The Labute approximate surface area is 261 Å². The molecule has 0 spiro atoms. The van der Waals surface area contributed by atoms with Crippen LogP contribution < -0.4 is 11.5 Å². The monoisotopic (exact) mass is 629 g/mol. The van der Waals surface area contributed by atoms with E-state index in [1.807, 2.05) is 51.1 Å². The lowest BCUT2D eigenvalue weighted by atomic mass is 9.70. The quantitative estimate of drug-likeness (QED) is 0.214. The van der Waals surface area contributed by atoms with Gasteiger partial charge in [-0.1, -0.05) is 44.2 Å². The van der Waals surface area contributed by atoms with Gasteiger partial charge in [0.05, 0.1) is 12.3 Å². The van der Waals surface area contributed by atoms with E-state index in [0.717, 1.165) is 12.0 Å². The fraction of sp³-hybridized carbons (Fsp3) is 0.688. The van der Waals surface area contributed by atoms with Gasteiger partial charge in [0.15, 0.2) is 5.96 Å². The lowest BCUT2D eigenvalue weighted by Crippen LogP contribution is -2.68. The summed E-state index contributed by atoms with van der Waals surface area (Å²) in [6.07, 6.45) is 4.28. The molecule has 2 heterocycles. The molecule has 3 amide bonds. The summed E-state index contributed by atoms with van der Waals surface area (Å²) in [7, 11) is -4.20. The molecule has 2 aliphatic carbocycles. The van der Waals surface area contributed by atoms with Crippen LogP contribution in [-0.4, -0.2) is 89.8 Å². The highest BCUT2D eigenvalue weighted by Crippen LogP contribution is 2.64. The third kappa shape index (κ3) is 5.36. The van der Waals surface area contributed by atoms with Crippen LogP contribution >= 0.6 is 0 Å². The lowest BCUT2D eigenvalue weighted by Gasteiger charge is -2.42. The lowest BCUT2D eigenvalue weighted by molar-refractivity contribution is -0.784. The van der Waals surface area contributed by atoms with Gasteiger partial charge in [-0.25, -0.2) is 18.0 Å². The zero-order valence-corrected chi connectivity index (χ0v) is 27.2. The summed E-state index contributed by atoms with van der Waals surface area (Å²) in [5.41, 5.74) is 11.0. The number of ketones is 1. The summed E-state index contributed by atoms with van der Waals surface area (Å²) < 4.78 is 30.6. The molecule has 0 radical (unpaired) electrons. The van der Waals surface area contributed by atoms with Gasteiger partial charge in [0.25, 0.3) is 0 Å². The molecule has 12 heteroatoms. The summed E-state index contributed by atoms with van der Waals surface area (Å²) in [6, 6.07) is 6.99. The molecule has 2 saturated carbocycles. The highest BCUT2D eigenvalue weighted by atomic mass is 32.2. The number of quaternary nitrogens is 1. The van der Waals surface area contributed by atoms with Gasteiger partial charge in [-0.3, -0.25) is 10.2 Å². The maximum atomic E-state index is 14.9. The number of nitrogens with one attached hydrogen (secondary N) is 1. The zero-order chi connectivity index (χ0) is 32.1. The van der Waals surface area contributed by atoms with Crippen molar-refractivity contribution in [3.63, 3.8) is 0 Å². The van der Waals surface area contributed by atoms with Crippen LogP contribution in [0.1, 0.15) is 71.3 Å². The Morgan fingerprint density at radius 3 is 2.27 bits per heavy atom. The van der Waals surface area contributed by atoms with Crippen molar-refractivity contribution in [1.29, 1.82) is 5.41 Å². The van der Waals surface area contributed by atoms with E-state index >= 15 is 0 Å². The predicted octanol–water partition coefficient (Wildman–Crippen LogP) is 2.83. The van der Waals surface area contributed by atoms with E-state index in [4.69, 9.17) is 16.9 Å². The molecule has 1 aromatic carbocycles. The molecule has 4 fully saturated rings. The number of carbonyl (C=O) groups is 3. The topological polar surface area (TPSA) is 168 Å². The molecule has 11 nitrogen and oxygen atoms in total. The van der Waals surface area contributed by atoms with E-state index in [0.29, 0.717) is 51.6 Å². The molecule has 242 valence electrons. The third-order valence-electron chi connectivity index (χ3n) is 11.9. The number of nitrogens with two attached hydrogens (primary N) is 2. The number of nitrogens with zero attached hydrogens (tertiary/aromatic N) is 3. The smallest absolute Gasteiger partial charge is 0.370 e. The SMILES string of the molecule is C[C@@H]1CCC[N+]1(C(N)=O)C(=O)[C@@H](Cc1ccccc1)N(CC1CCN(C(=N)N)CC1)S(=O)(=O)CC12CCC(CC1=O)C2(C)C. The molecule has 4 aliphatic rings. The van der Waals surface area contributed by atoms with Gasteiger partial charge in [-0.05, 0) is 55.4 Å². The van der Waals surface area contributed by atoms with E-state index in [1.54, 1.807) is 4.90 Å². The fourth-order valence-electron chi connectivity index (χ4n) is 8.80. The van der Waals surface area contributed by atoms with Crippen LogP contribution in [0.25, 0.3) is 0 Å². The second-order valence-corrected chi connectivity index (χ2v) is 16.2. The van der Waals surface area contributed by atoms with Crippen LogP contribution in [-0.2, 0) is 26.0 Å². The Morgan fingerprint density at radius 2 is 1.77 bits per heavy atom. The highest BCUT2D eigenvalue weighted by molar-refractivity contribution is 7.89. The second kappa shape index (κ2) is 11.8. The number of Topliss-reactive ketones (excluding diaryl/α,β-unsaturated/α-hetero) is 1. The Bertz CT molecular complexity index is 1410. The van der Waals surface area contributed by atoms with E-state index in [2.05, 4.69) is 0 Å². The maximum absolute atomic E-state index is 14.9. The van der Waals surface area contributed by atoms with Gasteiger partial charge in [0.2, 0.25) is 10.0 Å². The number of hydrogen-bond acceptors (Lipinski definition) is 6. The molecule has 1 aromatic rings. The number of primary amides is 1. The van der Waals surface area contributed by atoms with Gasteiger partial charge in [0, 0.05) is 50.7 Å². The van der Waals surface area contributed by atoms with Crippen molar-refractivity contribution < 1.29 is 27.3 Å². The Kier molecular flexibility index (Phi) is 8.76. The molecule has 0 aromatic heterocycles. The first-order chi connectivity index (χ1) is 20.7. The Balaban J connectivity index is 1.59. The van der Waals surface area contributed by atoms with Crippen LogP contribution in [0.2, 0.25) is 0 Å². The van der Waals surface area contributed by atoms with Gasteiger partial charge >= 0.3 is 11.9 Å². The summed E-state index contributed by atoms with van der Waals surface area (Å²) in [4.78, 5) is 43.2. The van der Waals surface area contributed by atoms with Crippen molar-refractivity contribution in [2.45, 2.75) is 84.2 Å². The number of urea groups is 1. The number of imide groups is 1. The van der Waals surface area contributed by atoms with Crippen LogP contribution in [0.4, 0.5) is 4.79 Å². The summed E-state index contributed by atoms with van der Waals surface area (Å²) in [5.74, 6) is -0.806. The van der Waals surface area contributed by atoms with E-state index < -0.39 is 43.3 Å². The normalized spacial score (nSPS) is 31.0.